The van der Waals surface area contributed by atoms with Gasteiger partial charge in [0, 0.05) is 5.57 Å². The largest absolute Gasteiger partial charge is 0.423 e. The van der Waals surface area contributed by atoms with Gasteiger partial charge in [-0.05, 0) is 43.4 Å². The molecule has 2 rings (SSSR count). The molecule has 0 unspecified atom stereocenters. The van der Waals surface area contributed by atoms with Gasteiger partial charge in [0.25, 0.3) is 0 Å². The van der Waals surface area contributed by atoms with Crippen molar-refractivity contribution in [1.29, 1.82) is 0 Å². The molecule has 90 valence electrons. The Morgan fingerprint density at radius 2 is 2.06 bits per heavy atom. The predicted octanol–water partition coefficient (Wildman–Crippen LogP) is 3.83. The van der Waals surface area contributed by atoms with E-state index in [1.54, 1.807) is 6.92 Å². The lowest BCUT2D eigenvalue weighted by Gasteiger charge is -2.11. The van der Waals surface area contributed by atoms with Gasteiger partial charge in [-0.1, -0.05) is 31.6 Å². The van der Waals surface area contributed by atoms with Gasteiger partial charge < -0.3 is 4.74 Å². The molecule has 0 saturated heterocycles. The zero-order valence-corrected chi connectivity index (χ0v) is 10.2. The SMILES string of the molecule is C=C(C)C(=O)Oc1cccc(C2CCCC2)c1. The lowest BCUT2D eigenvalue weighted by molar-refractivity contribution is -0.130. The van der Waals surface area contributed by atoms with Crippen molar-refractivity contribution in [2.75, 3.05) is 0 Å². The van der Waals surface area contributed by atoms with Crippen LogP contribution in [0.4, 0.5) is 0 Å². The van der Waals surface area contributed by atoms with Gasteiger partial charge in [0.05, 0.1) is 0 Å². The summed E-state index contributed by atoms with van der Waals surface area (Å²) in [7, 11) is 0. The molecule has 1 fully saturated rings. The van der Waals surface area contributed by atoms with Crippen LogP contribution >= 0.6 is 0 Å². The van der Waals surface area contributed by atoms with Crippen molar-refractivity contribution in [1.82, 2.24) is 0 Å². The van der Waals surface area contributed by atoms with Crippen LogP contribution in [0.2, 0.25) is 0 Å². The monoisotopic (exact) mass is 230 g/mol. The van der Waals surface area contributed by atoms with Crippen LogP contribution in [0.5, 0.6) is 5.75 Å². The Balaban J connectivity index is 2.11. The van der Waals surface area contributed by atoms with Gasteiger partial charge in [-0.15, -0.1) is 0 Å². The molecule has 17 heavy (non-hydrogen) atoms. The molecule has 0 atom stereocenters. The smallest absolute Gasteiger partial charge is 0.338 e. The van der Waals surface area contributed by atoms with Crippen LogP contribution in [-0.4, -0.2) is 5.97 Å². The summed E-state index contributed by atoms with van der Waals surface area (Å²) in [5.41, 5.74) is 1.71. The topological polar surface area (TPSA) is 26.3 Å². The fourth-order valence-corrected chi connectivity index (χ4v) is 2.29. The van der Waals surface area contributed by atoms with Gasteiger partial charge in [-0.3, -0.25) is 0 Å². The molecule has 1 aliphatic carbocycles. The summed E-state index contributed by atoms with van der Waals surface area (Å²) in [5, 5.41) is 0. The maximum absolute atomic E-state index is 11.4. The summed E-state index contributed by atoms with van der Waals surface area (Å²) in [6, 6.07) is 7.87. The zero-order valence-electron chi connectivity index (χ0n) is 10.2. The predicted molar refractivity (Wildman–Crippen MR) is 68.1 cm³/mol. The maximum atomic E-state index is 11.4. The standard InChI is InChI=1S/C15H18O2/c1-11(2)15(16)17-14-9-5-8-13(10-14)12-6-3-4-7-12/h5,8-10,12H,1,3-4,6-7H2,2H3. The lowest BCUT2D eigenvalue weighted by Crippen LogP contribution is -2.08. The molecule has 1 aromatic rings. The lowest BCUT2D eigenvalue weighted by atomic mass is 9.98. The third kappa shape index (κ3) is 2.96. The number of carbonyl (C=O) groups is 1. The Kier molecular flexibility index (Phi) is 3.62. The molecule has 1 saturated carbocycles. The highest BCUT2D eigenvalue weighted by Crippen LogP contribution is 2.35. The number of esters is 1. The van der Waals surface area contributed by atoms with Crippen LogP contribution in [0.25, 0.3) is 0 Å². The molecule has 0 bridgehead atoms. The summed E-state index contributed by atoms with van der Waals surface area (Å²) >= 11 is 0. The Morgan fingerprint density at radius 3 is 2.71 bits per heavy atom. The quantitative estimate of drug-likeness (QED) is 0.448. The number of rotatable bonds is 3. The van der Waals surface area contributed by atoms with Gasteiger partial charge in [-0.2, -0.15) is 0 Å². The van der Waals surface area contributed by atoms with E-state index in [2.05, 4.69) is 12.6 Å². The number of hydrogen-bond acceptors (Lipinski definition) is 2. The van der Waals surface area contributed by atoms with E-state index < -0.39 is 0 Å². The fraction of sp³-hybridized carbons (Fsp3) is 0.400. The second-order valence-corrected chi connectivity index (χ2v) is 4.72. The van der Waals surface area contributed by atoms with Crippen molar-refractivity contribution in [2.24, 2.45) is 0 Å². The summed E-state index contributed by atoms with van der Waals surface area (Å²) in [6.45, 7) is 5.23. The van der Waals surface area contributed by atoms with Crippen LogP contribution in [0.1, 0.15) is 44.1 Å². The molecule has 2 heteroatoms. The van der Waals surface area contributed by atoms with E-state index in [4.69, 9.17) is 4.74 Å². The molecule has 0 aromatic heterocycles. The van der Waals surface area contributed by atoms with Gasteiger partial charge >= 0.3 is 5.97 Å². The molecule has 2 nitrogen and oxygen atoms in total. The van der Waals surface area contributed by atoms with Gasteiger partial charge in [0.2, 0.25) is 0 Å². The minimum absolute atomic E-state index is 0.353. The molecule has 0 N–H and O–H groups in total. The number of ether oxygens (including phenoxy) is 1. The molecule has 0 radical (unpaired) electrons. The minimum Gasteiger partial charge on any atom is -0.423 e. The van der Waals surface area contributed by atoms with Gasteiger partial charge in [-0.25, -0.2) is 4.79 Å². The molecule has 0 aliphatic heterocycles. The first-order valence-electron chi connectivity index (χ1n) is 6.14. The summed E-state index contributed by atoms with van der Waals surface area (Å²) < 4.78 is 5.24. The first kappa shape index (κ1) is 11.9. The van der Waals surface area contributed by atoms with Gasteiger partial charge in [0.1, 0.15) is 5.75 Å². The van der Waals surface area contributed by atoms with E-state index in [9.17, 15) is 4.79 Å². The van der Waals surface area contributed by atoms with Crippen molar-refractivity contribution < 1.29 is 9.53 Å². The normalized spacial score (nSPS) is 15.8. The first-order valence-corrected chi connectivity index (χ1v) is 6.14. The van der Waals surface area contributed by atoms with Crippen molar-refractivity contribution >= 4 is 5.97 Å². The van der Waals surface area contributed by atoms with Crippen LogP contribution in [0, 0.1) is 0 Å². The third-order valence-electron chi connectivity index (χ3n) is 3.24. The van der Waals surface area contributed by atoms with Crippen molar-refractivity contribution in [2.45, 2.75) is 38.5 Å². The van der Waals surface area contributed by atoms with Crippen LogP contribution < -0.4 is 4.74 Å². The molecule has 0 amide bonds. The second kappa shape index (κ2) is 5.17. The number of carbonyl (C=O) groups excluding carboxylic acids is 1. The summed E-state index contributed by atoms with van der Waals surface area (Å²) in [5.74, 6) is 0.912. The fourth-order valence-electron chi connectivity index (χ4n) is 2.29. The van der Waals surface area contributed by atoms with Crippen molar-refractivity contribution in [3.63, 3.8) is 0 Å². The molecular formula is C15H18O2. The van der Waals surface area contributed by atoms with Gasteiger partial charge in [0.15, 0.2) is 0 Å². The Morgan fingerprint density at radius 1 is 1.35 bits per heavy atom. The van der Waals surface area contributed by atoms with E-state index >= 15 is 0 Å². The number of hydrogen-bond donors (Lipinski definition) is 0. The molecule has 0 heterocycles. The van der Waals surface area contributed by atoms with Crippen molar-refractivity contribution in [3.05, 3.63) is 42.0 Å². The molecule has 0 spiro atoms. The highest BCUT2D eigenvalue weighted by molar-refractivity contribution is 5.88. The van der Waals surface area contributed by atoms with E-state index in [0.717, 1.165) is 0 Å². The average molecular weight is 230 g/mol. The third-order valence-corrected chi connectivity index (χ3v) is 3.24. The minimum atomic E-state index is -0.353. The van der Waals surface area contributed by atoms with E-state index in [-0.39, 0.29) is 5.97 Å². The first-order chi connectivity index (χ1) is 8.16. The van der Waals surface area contributed by atoms with E-state index in [0.29, 0.717) is 17.2 Å². The molecule has 1 aromatic carbocycles. The molecular weight excluding hydrogens is 212 g/mol. The van der Waals surface area contributed by atoms with Crippen LogP contribution in [0.3, 0.4) is 0 Å². The van der Waals surface area contributed by atoms with Crippen LogP contribution in [0.15, 0.2) is 36.4 Å². The highest BCUT2D eigenvalue weighted by atomic mass is 16.5. The van der Waals surface area contributed by atoms with Crippen molar-refractivity contribution in [3.8, 4) is 5.75 Å². The highest BCUT2D eigenvalue weighted by Gasteiger charge is 2.17. The summed E-state index contributed by atoms with van der Waals surface area (Å²) in [4.78, 5) is 11.4. The Bertz CT molecular complexity index is 428. The van der Waals surface area contributed by atoms with E-state index in [1.165, 1.54) is 31.2 Å². The number of benzene rings is 1. The Hall–Kier alpha value is -1.57. The summed E-state index contributed by atoms with van der Waals surface area (Å²) in [6.07, 6.45) is 5.11. The molecule has 1 aliphatic rings. The van der Waals surface area contributed by atoms with E-state index in [1.807, 2.05) is 18.2 Å². The Labute approximate surface area is 102 Å². The zero-order chi connectivity index (χ0) is 12.3. The van der Waals surface area contributed by atoms with Crippen LogP contribution in [-0.2, 0) is 4.79 Å². The second-order valence-electron chi connectivity index (χ2n) is 4.72. The average Bonchev–Trinajstić information content (AvgIpc) is 2.82. The maximum Gasteiger partial charge on any atom is 0.338 e.